The Kier molecular flexibility index (Phi) is 4.24. The zero-order valence-electron chi connectivity index (χ0n) is 14.1. The van der Waals surface area contributed by atoms with E-state index in [-0.39, 0.29) is 31.6 Å². The van der Waals surface area contributed by atoms with Gasteiger partial charge in [0.2, 0.25) is 12.7 Å². The minimum atomic E-state index is -0.864. The molecule has 0 aliphatic carbocycles. The Morgan fingerprint density at radius 1 is 1.04 bits per heavy atom. The van der Waals surface area contributed by atoms with Crippen molar-refractivity contribution in [2.24, 2.45) is 5.92 Å². The van der Waals surface area contributed by atoms with Crippen molar-refractivity contribution in [3.63, 3.8) is 0 Å². The van der Waals surface area contributed by atoms with Gasteiger partial charge in [0.1, 0.15) is 0 Å². The smallest absolute Gasteiger partial charge is 0.308 e. The Balaban J connectivity index is 1.49. The molecular weight excluding hydrogens is 334 g/mol. The maximum Gasteiger partial charge on any atom is 0.308 e. The van der Waals surface area contributed by atoms with Crippen molar-refractivity contribution in [3.05, 3.63) is 59.7 Å². The molecule has 2 aliphatic heterocycles. The summed E-state index contributed by atoms with van der Waals surface area (Å²) in [5.41, 5.74) is 1.78. The lowest BCUT2D eigenvalue weighted by molar-refractivity contribution is -0.141. The van der Waals surface area contributed by atoms with E-state index in [2.05, 4.69) is 0 Å². The number of likely N-dealkylation sites (tertiary alicyclic amines) is 1. The lowest BCUT2D eigenvalue weighted by Crippen LogP contribution is -2.31. The number of carboxylic acids is 1. The van der Waals surface area contributed by atoms with Crippen LogP contribution in [0.3, 0.4) is 0 Å². The average Bonchev–Trinajstić information content (AvgIpc) is 3.29. The van der Waals surface area contributed by atoms with Gasteiger partial charge in [-0.25, -0.2) is 0 Å². The van der Waals surface area contributed by atoms with E-state index in [0.29, 0.717) is 18.0 Å². The number of carbonyl (C=O) groups is 2. The summed E-state index contributed by atoms with van der Waals surface area (Å²) < 4.78 is 10.6. The first kappa shape index (κ1) is 16.4. The zero-order valence-corrected chi connectivity index (χ0v) is 14.1. The molecule has 0 bridgehead atoms. The van der Waals surface area contributed by atoms with E-state index in [0.717, 1.165) is 11.1 Å². The van der Waals surface area contributed by atoms with Crippen molar-refractivity contribution in [3.8, 4) is 11.5 Å². The highest BCUT2D eigenvalue weighted by molar-refractivity contribution is 5.81. The predicted molar refractivity (Wildman–Crippen MR) is 93.2 cm³/mol. The van der Waals surface area contributed by atoms with Crippen molar-refractivity contribution in [2.75, 3.05) is 19.9 Å². The first-order chi connectivity index (χ1) is 12.6. The lowest BCUT2D eigenvalue weighted by Gasteiger charge is -2.16. The number of aliphatic carboxylic acids is 1. The molecule has 134 valence electrons. The van der Waals surface area contributed by atoms with Crippen LogP contribution in [-0.4, -0.2) is 41.8 Å². The van der Waals surface area contributed by atoms with E-state index in [1.54, 1.807) is 17.0 Å². The molecule has 0 saturated carbocycles. The largest absolute Gasteiger partial charge is 0.481 e. The van der Waals surface area contributed by atoms with E-state index in [1.165, 1.54) is 0 Å². The average molecular weight is 353 g/mol. The van der Waals surface area contributed by atoms with E-state index >= 15 is 0 Å². The quantitative estimate of drug-likeness (QED) is 0.913. The molecule has 0 radical (unpaired) electrons. The summed E-state index contributed by atoms with van der Waals surface area (Å²) in [5, 5.41) is 9.57. The lowest BCUT2D eigenvalue weighted by atomic mass is 9.89. The van der Waals surface area contributed by atoms with Crippen molar-refractivity contribution in [1.82, 2.24) is 4.90 Å². The standard InChI is InChI=1S/C20H19NO5/c22-19(9-13-6-7-17-18(8-13)26-12-25-17)21-10-15(16(11-21)20(23)24)14-4-2-1-3-5-14/h1-8,15-16H,9-12H2,(H,23,24)/t15-,16-/m1/s1. The fourth-order valence-corrected chi connectivity index (χ4v) is 3.63. The van der Waals surface area contributed by atoms with Gasteiger partial charge in [-0.15, -0.1) is 0 Å². The van der Waals surface area contributed by atoms with Gasteiger partial charge in [0.05, 0.1) is 12.3 Å². The van der Waals surface area contributed by atoms with E-state index in [4.69, 9.17) is 9.47 Å². The van der Waals surface area contributed by atoms with Crippen LogP contribution in [-0.2, 0) is 16.0 Å². The van der Waals surface area contributed by atoms with Crippen LogP contribution in [0.25, 0.3) is 0 Å². The van der Waals surface area contributed by atoms with Gasteiger partial charge in [0.15, 0.2) is 11.5 Å². The van der Waals surface area contributed by atoms with Crippen LogP contribution in [0, 0.1) is 5.92 Å². The Morgan fingerprint density at radius 2 is 1.81 bits per heavy atom. The molecular formula is C20H19NO5. The van der Waals surface area contributed by atoms with E-state index in [1.807, 2.05) is 36.4 Å². The maximum absolute atomic E-state index is 12.7. The summed E-state index contributed by atoms with van der Waals surface area (Å²) >= 11 is 0. The Morgan fingerprint density at radius 3 is 2.58 bits per heavy atom. The molecule has 2 atom stereocenters. The minimum absolute atomic E-state index is 0.0754. The number of rotatable bonds is 4. The van der Waals surface area contributed by atoms with E-state index < -0.39 is 11.9 Å². The van der Waals surface area contributed by atoms with Gasteiger partial charge >= 0.3 is 5.97 Å². The molecule has 6 nitrogen and oxygen atoms in total. The number of fused-ring (bicyclic) bond motifs is 1. The third-order valence-electron chi connectivity index (χ3n) is 5.01. The summed E-state index contributed by atoms with van der Waals surface area (Å²) in [6.07, 6.45) is 0.213. The summed E-state index contributed by atoms with van der Waals surface area (Å²) in [5.74, 6) is -0.391. The van der Waals surface area contributed by atoms with Crippen molar-refractivity contribution < 1.29 is 24.2 Å². The van der Waals surface area contributed by atoms with Gasteiger partial charge in [-0.3, -0.25) is 9.59 Å². The number of hydrogen-bond donors (Lipinski definition) is 1. The summed E-state index contributed by atoms with van der Waals surface area (Å²) in [6, 6.07) is 15.0. The highest BCUT2D eigenvalue weighted by atomic mass is 16.7. The Labute approximate surface area is 151 Å². The minimum Gasteiger partial charge on any atom is -0.481 e. The number of benzene rings is 2. The molecule has 1 amide bonds. The fourth-order valence-electron chi connectivity index (χ4n) is 3.63. The SMILES string of the molecule is O=C(O)[C@@H]1CN(C(=O)Cc2ccc3c(c2)OCO3)C[C@@H]1c1ccccc1. The molecule has 6 heteroatoms. The third kappa shape index (κ3) is 3.10. The van der Waals surface area contributed by atoms with Gasteiger partial charge < -0.3 is 19.5 Å². The number of hydrogen-bond acceptors (Lipinski definition) is 4. The molecule has 2 aromatic carbocycles. The van der Waals surface area contributed by atoms with Crippen molar-refractivity contribution in [2.45, 2.75) is 12.3 Å². The molecule has 2 heterocycles. The molecule has 0 aromatic heterocycles. The molecule has 2 aliphatic rings. The van der Waals surface area contributed by atoms with Crippen LogP contribution in [0.1, 0.15) is 17.0 Å². The number of ether oxygens (including phenoxy) is 2. The predicted octanol–water partition coefficient (Wildman–Crippen LogP) is 2.28. The van der Waals surface area contributed by atoms with Crippen molar-refractivity contribution >= 4 is 11.9 Å². The first-order valence-electron chi connectivity index (χ1n) is 8.56. The molecule has 26 heavy (non-hydrogen) atoms. The van der Waals surface area contributed by atoms with Gasteiger partial charge in [-0.05, 0) is 23.3 Å². The second kappa shape index (κ2) is 6.71. The molecule has 0 unspecified atom stereocenters. The van der Waals surface area contributed by atoms with Crippen molar-refractivity contribution in [1.29, 1.82) is 0 Å². The molecule has 1 saturated heterocycles. The normalized spacial score (nSPS) is 21.0. The number of nitrogens with zero attached hydrogens (tertiary/aromatic N) is 1. The summed E-state index contributed by atoms with van der Waals surface area (Å²) in [7, 11) is 0. The second-order valence-corrected chi connectivity index (χ2v) is 6.63. The van der Waals surface area contributed by atoms with Crippen LogP contribution in [0.4, 0.5) is 0 Å². The Hall–Kier alpha value is -3.02. The first-order valence-corrected chi connectivity index (χ1v) is 8.56. The zero-order chi connectivity index (χ0) is 18.1. The summed E-state index contributed by atoms with van der Waals surface area (Å²) in [6.45, 7) is 0.848. The summed E-state index contributed by atoms with van der Waals surface area (Å²) in [4.78, 5) is 26.0. The van der Waals surface area contributed by atoms with Crippen LogP contribution >= 0.6 is 0 Å². The van der Waals surface area contributed by atoms with Gasteiger partial charge in [-0.1, -0.05) is 36.4 Å². The molecule has 1 N–H and O–H groups in total. The topological polar surface area (TPSA) is 76.1 Å². The van der Waals surface area contributed by atoms with Gasteiger partial charge in [0, 0.05) is 19.0 Å². The highest BCUT2D eigenvalue weighted by Gasteiger charge is 2.40. The monoisotopic (exact) mass is 353 g/mol. The number of amides is 1. The fraction of sp³-hybridized carbons (Fsp3) is 0.300. The Bertz CT molecular complexity index is 835. The van der Waals surface area contributed by atoms with Gasteiger partial charge in [0.25, 0.3) is 0 Å². The maximum atomic E-state index is 12.7. The molecule has 0 spiro atoms. The molecule has 2 aromatic rings. The van der Waals surface area contributed by atoms with E-state index in [9.17, 15) is 14.7 Å². The number of carbonyl (C=O) groups excluding carboxylic acids is 1. The van der Waals surface area contributed by atoms with Crippen LogP contribution < -0.4 is 9.47 Å². The van der Waals surface area contributed by atoms with Crippen LogP contribution in [0.2, 0.25) is 0 Å². The van der Waals surface area contributed by atoms with Crippen LogP contribution in [0.5, 0.6) is 11.5 Å². The molecule has 4 rings (SSSR count). The molecule has 1 fully saturated rings. The van der Waals surface area contributed by atoms with Crippen LogP contribution in [0.15, 0.2) is 48.5 Å². The highest BCUT2D eigenvalue weighted by Crippen LogP contribution is 2.35. The van der Waals surface area contributed by atoms with Gasteiger partial charge in [-0.2, -0.15) is 0 Å². The third-order valence-corrected chi connectivity index (χ3v) is 5.01. The number of carboxylic acid groups (broad SMARTS) is 1. The second-order valence-electron chi connectivity index (χ2n) is 6.63.